The van der Waals surface area contributed by atoms with Crippen molar-refractivity contribution in [3.05, 3.63) is 41.3 Å². The van der Waals surface area contributed by atoms with Gasteiger partial charge in [-0.25, -0.2) is 0 Å². The molecule has 120 valence electrons. The van der Waals surface area contributed by atoms with E-state index < -0.39 is 0 Å². The van der Waals surface area contributed by atoms with E-state index in [9.17, 15) is 9.90 Å². The van der Waals surface area contributed by atoms with Crippen LogP contribution in [0, 0.1) is 0 Å². The van der Waals surface area contributed by atoms with E-state index in [1.165, 1.54) is 17.8 Å². The maximum Gasteiger partial charge on any atom is 0.261 e. The van der Waals surface area contributed by atoms with E-state index >= 15 is 0 Å². The van der Waals surface area contributed by atoms with Crippen molar-refractivity contribution >= 4 is 17.2 Å². The molecular formula is C17H18N2O3S. The molecule has 1 aromatic carbocycles. The van der Waals surface area contributed by atoms with E-state index in [2.05, 4.69) is 10.6 Å². The fourth-order valence-electron chi connectivity index (χ4n) is 3.37. The van der Waals surface area contributed by atoms with Crippen LogP contribution in [-0.2, 0) is 0 Å². The van der Waals surface area contributed by atoms with Gasteiger partial charge in [0.2, 0.25) is 0 Å². The summed E-state index contributed by atoms with van der Waals surface area (Å²) in [5, 5.41) is 17.0. The molecule has 2 aromatic rings. The van der Waals surface area contributed by atoms with Crippen LogP contribution in [0.3, 0.4) is 0 Å². The van der Waals surface area contributed by atoms with Crippen LogP contribution in [0.2, 0.25) is 0 Å². The molecule has 2 aliphatic heterocycles. The fraction of sp³-hybridized carbons (Fsp3) is 0.353. The standard InChI is InChI=1S/C17H18N2O3S/c20-13-3-1-2-4-14(13)22-16-8-7-15(23-16)17(21)19-12-9-10-5-6-11(12)18-10/h1-4,7-8,10-12,18,20H,5-6,9H2,(H,19,21). The molecule has 2 saturated heterocycles. The Labute approximate surface area is 138 Å². The van der Waals surface area contributed by atoms with E-state index in [1.54, 1.807) is 36.4 Å². The Morgan fingerprint density at radius 3 is 2.87 bits per heavy atom. The van der Waals surface area contributed by atoms with Crippen LogP contribution >= 0.6 is 11.3 Å². The Bertz CT molecular complexity index is 730. The Morgan fingerprint density at radius 2 is 2.13 bits per heavy atom. The molecule has 2 bridgehead atoms. The third kappa shape index (κ3) is 2.92. The smallest absolute Gasteiger partial charge is 0.261 e. The maximum atomic E-state index is 12.4. The summed E-state index contributed by atoms with van der Waals surface area (Å²) in [6.45, 7) is 0. The molecule has 3 heterocycles. The van der Waals surface area contributed by atoms with Crippen molar-refractivity contribution in [2.75, 3.05) is 0 Å². The molecule has 23 heavy (non-hydrogen) atoms. The molecule has 4 rings (SSSR count). The van der Waals surface area contributed by atoms with Crippen molar-refractivity contribution in [3.8, 4) is 16.6 Å². The third-order valence-electron chi connectivity index (χ3n) is 4.50. The molecule has 3 unspecified atom stereocenters. The minimum absolute atomic E-state index is 0.0542. The largest absolute Gasteiger partial charge is 0.504 e. The second-order valence-corrected chi connectivity index (χ2v) is 7.10. The summed E-state index contributed by atoms with van der Waals surface area (Å²) in [5.74, 6) is 0.417. The molecule has 2 aliphatic rings. The Hall–Kier alpha value is -2.05. The summed E-state index contributed by atoms with van der Waals surface area (Å²) in [4.78, 5) is 13.0. The summed E-state index contributed by atoms with van der Waals surface area (Å²) >= 11 is 1.28. The van der Waals surface area contributed by atoms with Gasteiger partial charge < -0.3 is 20.5 Å². The Balaban J connectivity index is 1.41. The lowest BCUT2D eigenvalue weighted by molar-refractivity contribution is 0.0935. The number of phenols is 1. The van der Waals surface area contributed by atoms with Crippen LogP contribution in [0.15, 0.2) is 36.4 Å². The van der Waals surface area contributed by atoms with Crippen molar-refractivity contribution in [1.82, 2.24) is 10.6 Å². The number of hydrogen-bond acceptors (Lipinski definition) is 5. The highest BCUT2D eigenvalue weighted by Crippen LogP contribution is 2.34. The number of carbonyl (C=O) groups excluding carboxylic acids is 1. The number of carbonyl (C=O) groups is 1. The van der Waals surface area contributed by atoms with E-state index in [0.717, 1.165) is 12.8 Å². The SMILES string of the molecule is O=C(NC1CC2CCC1N2)c1ccc(Oc2ccccc2O)s1. The van der Waals surface area contributed by atoms with Crippen LogP contribution in [0.1, 0.15) is 28.9 Å². The fourth-order valence-corrected chi connectivity index (χ4v) is 4.14. The maximum absolute atomic E-state index is 12.4. The quantitative estimate of drug-likeness (QED) is 0.806. The second-order valence-electron chi connectivity index (χ2n) is 6.05. The van der Waals surface area contributed by atoms with Gasteiger partial charge >= 0.3 is 0 Å². The first kappa shape index (κ1) is 14.5. The average molecular weight is 330 g/mol. The van der Waals surface area contributed by atoms with E-state index in [1.807, 2.05) is 0 Å². The monoisotopic (exact) mass is 330 g/mol. The first-order valence-electron chi connectivity index (χ1n) is 7.81. The van der Waals surface area contributed by atoms with Crippen molar-refractivity contribution in [2.24, 2.45) is 0 Å². The predicted octanol–water partition coefficient (Wildman–Crippen LogP) is 2.87. The van der Waals surface area contributed by atoms with Crippen molar-refractivity contribution in [2.45, 2.75) is 37.4 Å². The van der Waals surface area contributed by atoms with Gasteiger partial charge in [0, 0.05) is 18.1 Å². The molecule has 3 atom stereocenters. The summed E-state index contributed by atoms with van der Waals surface area (Å²) < 4.78 is 5.64. The Kier molecular flexibility index (Phi) is 3.71. The van der Waals surface area contributed by atoms with Gasteiger partial charge in [-0.05, 0) is 43.5 Å². The first-order valence-corrected chi connectivity index (χ1v) is 8.63. The minimum Gasteiger partial charge on any atom is -0.504 e. The van der Waals surface area contributed by atoms with E-state index in [-0.39, 0.29) is 17.7 Å². The van der Waals surface area contributed by atoms with Crippen molar-refractivity contribution in [3.63, 3.8) is 0 Å². The third-order valence-corrected chi connectivity index (χ3v) is 5.46. The zero-order valence-electron chi connectivity index (χ0n) is 12.5. The molecule has 1 aromatic heterocycles. The van der Waals surface area contributed by atoms with Gasteiger partial charge in [0.15, 0.2) is 16.6 Å². The van der Waals surface area contributed by atoms with Gasteiger partial charge in [0.25, 0.3) is 5.91 Å². The number of benzene rings is 1. The van der Waals surface area contributed by atoms with Gasteiger partial charge in [0.05, 0.1) is 4.88 Å². The van der Waals surface area contributed by atoms with E-state index in [4.69, 9.17) is 4.74 Å². The topological polar surface area (TPSA) is 70.6 Å². The summed E-state index contributed by atoms with van der Waals surface area (Å²) in [7, 11) is 0. The van der Waals surface area contributed by atoms with Gasteiger partial charge in [-0.3, -0.25) is 4.79 Å². The Morgan fingerprint density at radius 1 is 1.26 bits per heavy atom. The average Bonchev–Trinajstić information content (AvgIpc) is 3.26. The predicted molar refractivity (Wildman–Crippen MR) is 88.3 cm³/mol. The lowest BCUT2D eigenvalue weighted by Crippen LogP contribution is -2.42. The van der Waals surface area contributed by atoms with Gasteiger partial charge in [0.1, 0.15) is 0 Å². The highest BCUT2D eigenvalue weighted by molar-refractivity contribution is 7.15. The van der Waals surface area contributed by atoms with Crippen LogP contribution < -0.4 is 15.4 Å². The zero-order valence-corrected chi connectivity index (χ0v) is 13.3. The lowest BCUT2D eigenvalue weighted by atomic mass is 9.95. The molecule has 6 heteroatoms. The molecule has 0 spiro atoms. The summed E-state index contributed by atoms with van der Waals surface area (Å²) in [5.41, 5.74) is 0. The molecular weight excluding hydrogens is 312 g/mol. The number of phenolic OH excluding ortho intramolecular Hbond substituents is 1. The number of fused-ring (bicyclic) bond motifs is 2. The number of thiophene rings is 1. The van der Waals surface area contributed by atoms with Crippen LogP contribution in [0.4, 0.5) is 0 Å². The molecule has 2 fully saturated rings. The number of nitrogens with one attached hydrogen (secondary N) is 2. The summed E-state index contributed by atoms with van der Waals surface area (Å²) in [6, 6.07) is 11.5. The van der Waals surface area contributed by atoms with Crippen molar-refractivity contribution < 1.29 is 14.6 Å². The summed E-state index contributed by atoms with van der Waals surface area (Å²) in [6.07, 6.45) is 3.37. The highest BCUT2D eigenvalue weighted by atomic mass is 32.1. The van der Waals surface area contributed by atoms with Gasteiger partial charge in [-0.1, -0.05) is 23.5 Å². The number of aromatic hydroxyl groups is 1. The second kappa shape index (κ2) is 5.86. The highest BCUT2D eigenvalue weighted by Gasteiger charge is 2.39. The van der Waals surface area contributed by atoms with Crippen LogP contribution in [0.25, 0.3) is 0 Å². The number of amides is 1. The molecule has 3 N–H and O–H groups in total. The zero-order chi connectivity index (χ0) is 15.8. The lowest BCUT2D eigenvalue weighted by Gasteiger charge is -2.20. The van der Waals surface area contributed by atoms with Gasteiger partial charge in [-0.15, -0.1) is 0 Å². The van der Waals surface area contributed by atoms with Crippen LogP contribution in [0.5, 0.6) is 16.6 Å². The van der Waals surface area contributed by atoms with E-state index in [0.29, 0.717) is 27.8 Å². The first-order chi connectivity index (χ1) is 11.2. The van der Waals surface area contributed by atoms with Gasteiger partial charge in [-0.2, -0.15) is 0 Å². The molecule has 0 saturated carbocycles. The molecule has 0 radical (unpaired) electrons. The van der Waals surface area contributed by atoms with Crippen LogP contribution in [-0.4, -0.2) is 29.1 Å². The molecule has 0 aliphatic carbocycles. The molecule has 5 nitrogen and oxygen atoms in total. The number of hydrogen-bond donors (Lipinski definition) is 3. The van der Waals surface area contributed by atoms with Crippen molar-refractivity contribution in [1.29, 1.82) is 0 Å². The number of rotatable bonds is 4. The normalized spacial score (nSPS) is 25.5. The number of para-hydroxylation sites is 2. The molecule has 1 amide bonds. The number of ether oxygens (including phenoxy) is 1. The minimum atomic E-state index is -0.0542.